The monoisotopic (exact) mass is 364 g/mol. The number of carbonyl (C=O) groups is 1. The Morgan fingerprint density at radius 1 is 1.19 bits per heavy atom. The van der Waals surface area contributed by atoms with Gasteiger partial charge in [0.1, 0.15) is 11.5 Å². The topological polar surface area (TPSA) is 96.2 Å². The van der Waals surface area contributed by atoms with Gasteiger partial charge in [0.2, 0.25) is 0 Å². The van der Waals surface area contributed by atoms with Gasteiger partial charge in [0, 0.05) is 17.3 Å². The summed E-state index contributed by atoms with van der Waals surface area (Å²) < 4.78 is 11.7. The maximum absolute atomic E-state index is 13.2. The van der Waals surface area contributed by atoms with Crippen LogP contribution >= 0.6 is 0 Å². The molecule has 5 aliphatic rings. The molecule has 5 fully saturated rings. The zero-order valence-corrected chi connectivity index (χ0v) is 15.4. The summed E-state index contributed by atoms with van der Waals surface area (Å²) in [5.41, 5.74) is -1.43. The third kappa shape index (κ3) is 1.66. The van der Waals surface area contributed by atoms with Crippen LogP contribution in [0.15, 0.2) is 12.2 Å². The van der Waals surface area contributed by atoms with Gasteiger partial charge in [-0.3, -0.25) is 4.79 Å². The molecule has 2 spiro atoms. The first-order valence-electron chi connectivity index (χ1n) is 9.72. The molecule has 0 radical (unpaired) electrons. The summed E-state index contributed by atoms with van der Waals surface area (Å²) in [5.74, 6) is -1.23. The fourth-order valence-electron chi connectivity index (χ4n) is 7.57. The molecule has 2 bridgehead atoms. The summed E-state index contributed by atoms with van der Waals surface area (Å²) in [6.45, 7) is 8.48. The Morgan fingerprint density at radius 3 is 2.65 bits per heavy atom. The summed E-state index contributed by atoms with van der Waals surface area (Å²) in [4.78, 5) is 13.2. The van der Waals surface area contributed by atoms with Crippen LogP contribution in [0, 0.1) is 34.0 Å². The predicted octanol–water partition coefficient (Wildman–Crippen LogP) is 0.987. The highest BCUT2D eigenvalue weighted by Gasteiger charge is 2.78. The zero-order valence-electron chi connectivity index (χ0n) is 15.4. The maximum Gasteiger partial charge on any atom is 0.315 e. The first-order valence-corrected chi connectivity index (χ1v) is 9.72. The van der Waals surface area contributed by atoms with E-state index in [2.05, 4.69) is 20.4 Å². The molecule has 0 aromatic rings. The van der Waals surface area contributed by atoms with Gasteiger partial charge < -0.3 is 24.8 Å². The Morgan fingerprint density at radius 2 is 1.92 bits per heavy atom. The second-order valence-corrected chi connectivity index (χ2v) is 9.91. The summed E-state index contributed by atoms with van der Waals surface area (Å²) in [6.07, 6.45) is -0.652. The molecule has 6 heteroatoms. The van der Waals surface area contributed by atoms with Crippen molar-refractivity contribution in [1.29, 1.82) is 0 Å². The van der Waals surface area contributed by atoms with Crippen LogP contribution in [0.2, 0.25) is 0 Å². The van der Waals surface area contributed by atoms with E-state index < -0.39 is 47.3 Å². The SMILES string of the molecule is C=C1[C@@H]2C[C@H](O)[C@@H]3[C@](C2)(C(=O)O[C@H]2CCC(C)(C)[C@H]4[C@@H](O)OC[C@@]243)[C@@H]1O. The lowest BCUT2D eigenvalue weighted by atomic mass is 9.43. The molecule has 3 saturated carbocycles. The number of hydrogen-bond acceptors (Lipinski definition) is 6. The fourth-order valence-corrected chi connectivity index (χ4v) is 7.57. The molecule has 3 N–H and O–H groups in total. The van der Waals surface area contributed by atoms with Gasteiger partial charge in [0.05, 0.1) is 18.8 Å². The molecule has 2 heterocycles. The van der Waals surface area contributed by atoms with E-state index in [9.17, 15) is 20.1 Å². The number of rotatable bonds is 0. The molecule has 0 aromatic carbocycles. The molecule has 9 atom stereocenters. The number of aliphatic hydroxyl groups is 3. The van der Waals surface area contributed by atoms with Gasteiger partial charge in [-0.15, -0.1) is 0 Å². The molecule has 6 nitrogen and oxygen atoms in total. The summed E-state index contributed by atoms with van der Waals surface area (Å²) in [7, 11) is 0. The highest BCUT2D eigenvalue weighted by Crippen LogP contribution is 2.71. The van der Waals surface area contributed by atoms with Gasteiger partial charge in [-0.05, 0) is 42.6 Å². The summed E-state index contributed by atoms with van der Waals surface area (Å²) in [5, 5.41) is 32.9. The first kappa shape index (κ1) is 17.2. The average molecular weight is 364 g/mol. The molecule has 2 aliphatic heterocycles. The van der Waals surface area contributed by atoms with Crippen molar-refractivity contribution in [3.63, 3.8) is 0 Å². The van der Waals surface area contributed by atoms with Gasteiger partial charge in [-0.25, -0.2) is 0 Å². The van der Waals surface area contributed by atoms with Crippen LogP contribution in [0.1, 0.15) is 39.5 Å². The van der Waals surface area contributed by atoms with Crippen LogP contribution in [0.25, 0.3) is 0 Å². The van der Waals surface area contributed by atoms with Crippen molar-refractivity contribution in [3.8, 4) is 0 Å². The molecular weight excluding hydrogens is 336 g/mol. The van der Waals surface area contributed by atoms with E-state index in [4.69, 9.17) is 9.47 Å². The lowest BCUT2D eigenvalue weighted by Crippen LogP contribution is -2.71. The summed E-state index contributed by atoms with van der Waals surface area (Å²) >= 11 is 0. The normalized spacial score (nSPS) is 57.2. The van der Waals surface area contributed by atoms with E-state index in [1.165, 1.54) is 0 Å². The highest BCUT2D eigenvalue weighted by atomic mass is 16.6. The summed E-state index contributed by atoms with van der Waals surface area (Å²) in [6, 6.07) is 0. The number of esters is 1. The van der Waals surface area contributed by atoms with Crippen LogP contribution in [0.4, 0.5) is 0 Å². The molecule has 3 aliphatic carbocycles. The minimum Gasteiger partial charge on any atom is -0.461 e. The Bertz CT molecular complexity index is 688. The molecule has 0 unspecified atom stereocenters. The third-order valence-corrected chi connectivity index (χ3v) is 8.48. The lowest BCUT2D eigenvalue weighted by molar-refractivity contribution is -0.264. The van der Waals surface area contributed by atoms with Crippen LogP contribution < -0.4 is 0 Å². The largest absolute Gasteiger partial charge is 0.461 e. The number of hydrogen-bond donors (Lipinski definition) is 3. The average Bonchev–Trinajstić information content (AvgIpc) is 3.01. The molecule has 5 rings (SSSR count). The molecule has 144 valence electrons. The minimum atomic E-state index is -1.17. The first-order chi connectivity index (χ1) is 12.2. The van der Waals surface area contributed by atoms with E-state index >= 15 is 0 Å². The molecule has 0 amide bonds. The van der Waals surface area contributed by atoms with Crippen molar-refractivity contribution in [2.75, 3.05) is 6.61 Å². The number of ether oxygens (including phenoxy) is 2. The van der Waals surface area contributed by atoms with Crippen LogP contribution in [0.5, 0.6) is 0 Å². The highest BCUT2D eigenvalue weighted by molar-refractivity contribution is 5.82. The second kappa shape index (κ2) is 4.90. The van der Waals surface area contributed by atoms with Crippen LogP contribution in [-0.2, 0) is 14.3 Å². The quantitative estimate of drug-likeness (QED) is 0.438. The van der Waals surface area contributed by atoms with Crippen molar-refractivity contribution in [3.05, 3.63) is 12.2 Å². The van der Waals surface area contributed by atoms with Crippen molar-refractivity contribution in [2.45, 2.75) is 64.1 Å². The van der Waals surface area contributed by atoms with Gasteiger partial charge in [0.15, 0.2) is 6.29 Å². The van der Waals surface area contributed by atoms with Crippen LogP contribution in [-0.4, -0.2) is 52.5 Å². The lowest BCUT2D eigenvalue weighted by Gasteiger charge is -2.63. The third-order valence-electron chi connectivity index (χ3n) is 8.48. The number of aliphatic hydroxyl groups excluding tert-OH is 3. The van der Waals surface area contributed by atoms with E-state index in [1.54, 1.807) is 0 Å². The van der Waals surface area contributed by atoms with Gasteiger partial charge >= 0.3 is 5.97 Å². The van der Waals surface area contributed by atoms with Crippen molar-refractivity contribution in [1.82, 2.24) is 0 Å². The smallest absolute Gasteiger partial charge is 0.315 e. The number of carbonyl (C=O) groups excluding carboxylic acids is 1. The van der Waals surface area contributed by atoms with Gasteiger partial charge in [-0.1, -0.05) is 20.4 Å². The van der Waals surface area contributed by atoms with Crippen molar-refractivity contribution in [2.24, 2.45) is 34.0 Å². The van der Waals surface area contributed by atoms with Gasteiger partial charge in [0.25, 0.3) is 0 Å². The Hall–Kier alpha value is -0.950. The van der Waals surface area contributed by atoms with E-state index in [-0.39, 0.29) is 23.9 Å². The Kier molecular flexibility index (Phi) is 3.24. The van der Waals surface area contributed by atoms with E-state index in [0.717, 1.165) is 6.42 Å². The standard InChI is InChI=1S/C20H28O6/c1-9-10-6-11(21)13-19(7-10,15(9)22)17(24)26-12-4-5-18(2,3)14-16(23)25-8-20(12,13)14/h10-16,21-23H,1,4-8H2,2-3H3/t10-,11+,12+,13-,14-,15-,16+,19+,20+/m1/s1. The minimum absolute atomic E-state index is 0.0703. The van der Waals surface area contributed by atoms with Crippen LogP contribution in [0.3, 0.4) is 0 Å². The van der Waals surface area contributed by atoms with Gasteiger partial charge in [-0.2, -0.15) is 0 Å². The van der Waals surface area contributed by atoms with E-state index in [1.807, 2.05) is 0 Å². The van der Waals surface area contributed by atoms with Crippen molar-refractivity contribution < 1.29 is 29.6 Å². The molecular formula is C20H28O6. The van der Waals surface area contributed by atoms with Crippen molar-refractivity contribution >= 4 is 5.97 Å². The number of fused-ring (bicyclic) bond motifs is 1. The maximum atomic E-state index is 13.2. The molecule has 2 saturated heterocycles. The molecule has 26 heavy (non-hydrogen) atoms. The Labute approximate surface area is 153 Å². The fraction of sp³-hybridized carbons (Fsp3) is 0.850. The second-order valence-electron chi connectivity index (χ2n) is 9.91. The molecule has 0 aromatic heterocycles. The Balaban J connectivity index is 1.73. The predicted molar refractivity (Wildman–Crippen MR) is 90.6 cm³/mol. The van der Waals surface area contributed by atoms with E-state index in [0.29, 0.717) is 24.8 Å². The zero-order chi connectivity index (χ0) is 18.6.